The molecule has 0 atom stereocenters. The van der Waals surface area contributed by atoms with Gasteiger partial charge in [-0.25, -0.2) is 0 Å². The van der Waals surface area contributed by atoms with Gasteiger partial charge in [0.15, 0.2) is 0 Å². The van der Waals surface area contributed by atoms with Crippen LogP contribution >= 0.6 is 0 Å². The molecule has 0 saturated carbocycles. The summed E-state index contributed by atoms with van der Waals surface area (Å²) in [6.45, 7) is 1.90. The molecule has 1 aliphatic carbocycles. The van der Waals surface area contributed by atoms with Crippen LogP contribution in [-0.4, -0.2) is 70.8 Å². The molecule has 0 amide bonds. The Balaban J connectivity index is 0.000000597. The predicted molar refractivity (Wildman–Crippen MR) is 94.4 cm³/mol. The van der Waals surface area contributed by atoms with Crippen LogP contribution in [0.1, 0.15) is 30.4 Å². The number of fused-ring (bicyclic) bond motifs is 1. The van der Waals surface area contributed by atoms with Crippen molar-refractivity contribution in [2.45, 2.75) is 31.1 Å². The van der Waals surface area contributed by atoms with Gasteiger partial charge in [0.25, 0.3) is 0 Å². The molecule has 2 rings (SSSR count). The summed E-state index contributed by atoms with van der Waals surface area (Å²) in [5.41, 5.74) is 2.36. The maximum absolute atomic E-state index is 12.9. The Morgan fingerprint density at radius 1 is 1.00 bits per heavy atom. The zero-order chi connectivity index (χ0) is 20.0. The topological polar surface area (TPSA) is 107 Å². The molecule has 0 fully saturated rings. The van der Waals surface area contributed by atoms with E-state index in [4.69, 9.17) is 18.6 Å². The van der Waals surface area contributed by atoms with Gasteiger partial charge in [0.1, 0.15) is 5.78 Å². The third-order valence-corrected chi connectivity index (χ3v) is 4.66. The van der Waals surface area contributed by atoms with Gasteiger partial charge in [-0.1, -0.05) is 24.3 Å². The standard InChI is InChI=1S/C18H28N2O.ClH3O4/c1-19(2)13-11-18(12-14-20(3)4)16-8-6-5-7-15(16)9-10-17(18)21;2-1(3,4)5/h5-8H,9-14H2,1-4H3;2-4H. The molecule has 3 N–H and O–H groups in total. The fraction of sp³-hybridized carbons (Fsp3) is 0.611. The molecule has 1 aromatic rings. The van der Waals surface area contributed by atoms with E-state index in [2.05, 4.69) is 62.3 Å². The summed E-state index contributed by atoms with van der Waals surface area (Å²) < 4.78 is 30.2. The van der Waals surface area contributed by atoms with Crippen LogP contribution < -0.4 is 4.66 Å². The molecule has 0 radical (unpaired) electrons. The first-order valence-electron chi connectivity index (χ1n) is 8.53. The summed E-state index contributed by atoms with van der Waals surface area (Å²) in [5.74, 6) is 0.435. The van der Waals surface area contributed by atoms with E-state index in [1.54, 1.807) is 0 Å². The van der Waals surface area contributed by atoms with Gasteiger partial charge in [-0.15, -0.1) is 0 Å². The third-order valence-electron chi connectivity index (χ3n) is 4.66. The van der Waals surface area contributed by atoms with Crippen molar-refractivity contribution >= 4 is 5.78 Å². The number of carbonyl (C=O) groups is 1. The minimum atomic E-state index is -4.19. The number of rotatable bonds is 6. The van der Waals surface area contributed by atoms with Gasteiger partial charge in [0.05, 0.1) is 5.41 Å². The van der Waals surface area contributed by atoms with Crippen molar-refractivity contribution in [3.63, 3.8) is 0 Å². The van der Waals surface area contributed by atoms with Crippen molar-refractivity contribution < 1.29 is 33.7 Å². The van der Waals surface area contributed by atoms with Crippen LogP contribution in [0.3, 0.4) is 0 Å². The first-order chi connectivity index (χ1) is 12.0. The van der Waals surface area contributed by atoms with E-state index in [9.17, 15) is 4.79 Å². The fourth-order valence-electron chi connectivity index (χ4n) is 3.34. The molecule has 0 spiro atoms. The molecule has 26 heavy (non-hydrogen) atoms. The molecule has 0 aromatic heterocycles. The Labute approximate surface area is 157 Å². The van der Waals surface area contributed by atoms with Gasteiger partial charge < -0.3 is 9.80 Å². The summed E-state index contributed by atoms with van der Waals surface area (Å²) in [6, 6.07) is 8.55. The monoisotopic (exact) mass is 390 g/mol. The number of hydrogen-bond donors (Lipinski definition) is 3. The Kier molecular flexibility index (Phi) is 8.62. The summed E-state index contributed by atoms with van der Waals surface area (Å²) in [7, 11) is 4.13. The second-order valence-corrected chi connectivity index (χ2v) is 8.07. The molecule has 8 heteroatoms. The normalized spacial score (nSPS) is 16.9. The Morgan fingerprint density at radius 3 is 1.92 bits per heavy atom. The number of benzene rings is 1. The van der Waals surface area contributed by atoms with Crippen LogP contribution in [0, 0.1) is 10.2 Å². The molecule has 1 aromatic carbocycles. The molecular formula is C18H31ClN2O5. The van der Waals surface area contributed by atoms with E-state index >= 15 is 0 Å². The van der Waals surface area contributed by atoms with Crippen LogP contribution in [0.2, 0.25) is 0 Å². The van der Waals surface area contributed by atoms with Crippen molar-refractivity contribution in [2.24, 2.45) is 0 Å². The number of nitrogens with zero attached hydrogens (tertiary/aromatic N) is 2. The second kappa shape index (κ2) is 9.75. The van der Waals surface area contributed by atoms with Crippen molar-refractivity contribution in [3.05, 3.63) is 35.4 Å². The Bertz CT molecular complexity index is 569. The fourth-order valence-corrected chi connectivity index (χ4v) is 3.34. The molecule has 1 aliphatic rings. The van der Waals surface area contributed by atoms with Gasteiger partial charge in [-0.05, 0) is 71.7 Å². The number of Topliss-reactive ketones (excluding diaryl/α,β-unsaturated/α-hetero) is 1. The van der Waals surface area contributed by atoms with Gasteiger partial charge in [-0.3, -0.25) is 4.79 Å². The first-order valence-corrected chi connectivity index (χ1v) is 9.85. The predicted octanol–water partition coefficient (Wildman–Crippen LogP) is -0.517. The van der Waals surface area contributed by atoms with Crippen molar-refractivity contribution in [1.82, 2.24) is 9.80 Å². The van der Waals surface area contributed by atoms with Gasteiger partial charge in [-0.2, -0.15) is 0 Å². The summed E-state index contributed by atoms with van der Waals surface area (Å²) in [4.78, 5) is 17.2. The summed E-state index contributed by atoms with van der Waals surface area (Å²) in [6.07, 6.45) is 3.44. The molecule has 0 bridgehead atoms. The maximum atomic E-state index is 12.9. The average molecular weight is 391 g/mol. The second-order valence-electron chi connectivity index (χ2n) is 7.20. The van der Waals surface area contributed by atoms with Gasteiger partial charge in [0, 0.05) is 6.42 Å². The zero-order valence-electron chi connectivity index (χ0n) is 16.0. The average Bonchev–Trinajstić information content (AvgIpc) is 2.51. The molecule has 7 nitrogen and oxygen atoms in total. The van der Waals surface area contributed by atoms with E-state index in [0.717, 1.165) is 32.4 Å². The van der Waals surface area contributed by atoms with Crippen LogP contribution in [-0.2, 0) is 16.6 Å². The van der Waals surface area contributed by atoms with E-state index in [1.807, 2.05) is 0 Å². The number of halogens is 1. The summed E-state index contributed by atoms with van der Waals surface area (Å²) in [5, 5.41) is 0. The van der Waals surface area contributed by atoms with E-state index < -0.39 is 10.2 Å². The molecule has 150 valence electrons. The number of aryl methyl sites for hydroxylation is 1. The molecule has 0 unspecified atom stereocenters. The summed E-state index contributed by atoms with van der Waals surface area (Å²) >= 11 is 0. The number of hydrogen-bond acceptors (Lipinski definition) is 7. The quantitative estimate of drug-likeness (QED) is 0.600. The van der Waals surface area contributed by atoms with Crippen LogP contribution in [0.5, 0.6) is 0 Å². The van der Waals surface area contributed by atoms with Crippen LogP contribution in [0.25, 0.3) is 0 Å². The third kappa shape index (κ3) is 7.28. The molecule has 0 heterocycles. The zero-order valence-corrected chi connectivity index (χ0v) is 16.7. The first kappa shape index (κ1) is 23.0. The van der Waals surface area contributed by atoms with Crippen LogP contribution in [0.4, 0.5) is 0 Å². The van der Waals surface area contributed by atoms with Crippen LogP contribution in [0.15, 0.2) is 24.3 Å². The van der Waals surface area contributed by atoms with Gasteiger partial charge in [0.2, 0.25) is 0 Å². The van der Waals surface area contributed by atoms with E-state index in [-0.39, 0.29) is 5.41 Å². The van der Waals surface area contributed by atoms with Crippen molar-refractivity contribution in [1.29, 1.82) is 0 Å². The minimum absolute atomic E-state index is 0.288. The number of ketones is 1. The molecular weight excluding hydrogens is 360 g/mol. The Hall–Kier alpha value is -1.06. The van der Waals surface area contributed by atoms with Crippen molar-refractivity contribution in [2.75, 3.05) is 41.3 Å². The van der Waals surface area contributed by atoms with E-state index in [1.165, 1.54) is 11.1 Å². The Morgan fingerprint density at radius 2 is 1.46 bits per heavy atom. The van der Waals surface area contributed by atoms with Gasteiger partial charge >= 0.3 is 28.9 Å². The van der Waals surface area contributed by atoms with Crippen molar-refractivity contribution in [3.8, 4) is 0 Å². The van der Waals surface area contributed by atoms with E-state index in [0.29, 0.717) is 12.2 Å². The number of carbonyl (C=O) groups excluding carboxylic acids is 1. The molecule has 0 saturated heterocycles. The SMILES string of the molecule is CN(C)CCC1(CCN(C)C)C(=O)CCc2ccccc21.[O-][Cl+](O)(O)O. The molecule has 0 aliphatic heterocycles.